The average molecular weight is 456 g/mol. The molecule has 6 heteroatoms. The molecule has 5 nitrogen and oxygen atoms in total. The number of nitrogens with zero attached hydrogens (tertiary/aromatic N) is 3. The summed E-state index contributed by atoms with van der Waals surface area (Å²) in [5.41, 5.74) is 3.51. The van der Waals surface area contributed by atoms with Gasteiger partial charge in [0.1, 0.15) is 17.6 Å². The van der Waals surface area contributed by atoms with Crippen molar-refractivity contribution in [2.75, 3.05) is 6.54 Å². The van der Waals surface area contributed by atoms with Crippen molar-refractivity contribution in [3.8, 4) is 0 Å². The number of piperidine rings is 1. The predicted octanol–water partition coefficient (Wildman–Crippen LogP) is 5.76. The van der Waals surface area contributed by atoms with Crippen molar-refractivity contribution in [2.45, 2.75) is 38.1 Å². The van der Waals surface area contributed by atoms with Crippen molar-refractivity contribution in [1.29, 1.82) is 0 Å². The van der Waals surface area contributed by atoms with Crippen LogP contribution in [0.15, 0.2) is 83.5 Å². The molecule has 1 aliphatic rings. The highest BCUT2D eigenvalue weighted by atomic mass is 19.1. The lowest BCUT2D eigenvalue weighted by Gasteiger charge is -2.33. The number of pyridine rings is 1. The van der Waals surface area contributed by atoms with Gasteiger partial charge in [-0.05, 0) is 54.7 Å². The number of halogens is 1. The van der Waals surface area contributed by atoms with Gasteiger partial charge in [0.05, 0.1) is 11.8 Å². The number of likely N-dealkylation sites (tertiary alicyclic amines) is 1. The van der Waals surface area contributed by atoms with Crippen LogP contribution in [-0.2, 0) is 12.8 Å². The maximum absolute atomic E-state index is 13.4. The first-order valence-corrected chi connectivity index (χ1v) is 11.6. The van der Waals surface area contributed by atoms with E-state index in [-0.39, 0.29) is 17.8 Å². The Morgan fingerprint density at radius 1 is 0.912 bits per heavy atom. The Labute approximate surface area is 198 Å². The lowest BCUT2D eigenvalue weighted by Crippen LogP contribution is -2.38. The topological polar surface area (TPSA) is 59.2 Å². The number of amides is 1. The monoisotopic (exact) mass is 455 g/mol. The average Bonchev–Trinajstić information content (AvgIpc) is 3.34. The molecule has 5 rings (SSSR count). The molecule has 3 heterocycles. The zero-order valence-electron chi connectivity index (χ0n) is 18.9. The standard InChI is InChI=1S/C28H26FN3O2/c29-23-12-9-21(10-13-23)16-24-14-11-22(18-30-24)28(33)32-15-5-4-8-26(32)27-31-19-25(34-27)17-20-6-2-1-3-7-20/h1-3,6-7,9-14,18-19,26H,4-5,8,15-17H2/t26-/m1/s1. The van der Waals surface area contributed by atoms with E-state index in [1.165, 1.54) is 12.1 Å². The molecule has 4 aromatic rings. The summed E-state index contributed by atoms with van der Waals surface area (Å²) in [5.74, 6) is 1.08. The number of oxazole rings is 1. The highest BCUT2D eigenvalue weighted by molar-refractivity contribution is 5.94. The van der Waals surface area contributed by atoms with Crippen molar-refractivity contribution >= 4 is 5.91 Å². The summed E-state index contributed by atoms with van der Waals surface area (Å²) in [7, 11) is 0. The molecule has 0 saturated carbocycles. The fraction of sp³-hybridized carbons (Fsp3) is 0.250. The first kappa shape index (κ1) is 22.0. The summed E-state index contributed by atoms with van der Waals surface area (Å²) in [5, 5.41) is 0. The molecule has 172 valence electrons. The van der Waals surface area contributed by atoms with E-state index in [1.807, 2.05) is 35.2 Å². The van der Waals surface area contributed by atoms with Gasteiger partial charge in [0, 0.05) is 31.3 Å². The van der Waals surface area contributed by atoms with Gasteiger partial charge in [0.2, 0.25) is 5.89 Å². The van der Waals surface area contributed by atoms with Crippen LogP contribution in [0.2, 0.25) is 0 Å². The third-order valence-electron chi connectivity index (χ3n) is 6.21. The largest absolute Gasteiger partial charge is 0.443 e. The molecule has 0 radical (unpaired) electrons. The van der Waals surface area contributed by atoms with Gasteiger partial charge >= 0.3 is 0 Å². The van der Waals surface area contributed by atoms with Crippen LogP contribution >= 0.6 is 0 Å². The summed E-state index contributed by atoms with van der Waals surface area (Å²) >= 11 is 0. The van der Waals surface area contributed by atoms with Crippen molar-refractivity contribution in [3.63, 3.8) is 0 Å². The van der Waals surface area contributed by atoms with Gasteiger partial charge in [0.15, 0.2) is 0 Å². The molecule has 0 unspecified atom stereocenters. The maximum atomic E-state index is 13.4. The van der Waals surface area contributed by atoms with E-state index in [4.69, 9.17) is 4.42 Å². The van der Waals surface area contributed by atoms with E-state index in [0.29, 0.717) is 30.8 Å². The van der Waals surface area contributed by atoms with Crippen molar-refractivity contribution in [3.05, 3.63) is 119 Å². The first-order valence-electron chi connectivity index (χ1n) is 11.6. The smallest absolute Gasteiger partial charge is 0.256 e. The molecule has 1 amide bonds. The van der Waals surface area contributed by atoms with Crippen molar-refractivity contribution in [2.24, 2.45) is 0 Å². The lowest BCUT2D eigenvalue weighted by atomic mass is 10.0. The summed E-state index contributed by atoms with van der Waals surface area (Å²) in [6.45, 7) is 0.664. The molecule has 2 aromatic carbocycles. The molecule has 1 fully saturated rings. The molecule has 1 saturated heterocycles. The van der Waals surface area contributed by atoms with Crippen LogP contribution in [-0.4, -0.2) is 27.3 Å². The summed E-state index contributed by atoms with van der Waals surface area (Å²) < 4.78 is 19.2. The zero-order valence-corrected chi connectivity index (χ0v) is 18.9. The molecule has 0 spiro atoms. The van der Waals surface area contributed by atoms with E-state index in [1.54, 1.807) is 24.5 Å². The number of hydrogen-bond donors (Lipinski definition) is 0. The Hall–Kier alpha value is -3.80. The van der Waals surface area contributed by atoms with Gasteiger partial charge in [-0.2, -0.15) is 0 Å². The number of benzene rings is 2. The van der Waals surface area contributed by atoms with Crippen LogP contribution in [0.3, 0.4) is 0 Å². The van der Waals surface area contributed by atoms with Crippen LogP contribution in [0.1, 0.15) is 64.1 Å². The van der Waals surface area contributed by atoms with Crippen LogP contribution in [0.4, 0.5) is 4.39 Å². The van der Waals surface area contributed by atoms with Crippen LogP contribution in [0.25, 0.3) is 0 Å². The molecular formula is C28H26FN3O2. The van der Waals surface area contributed by atoms with Gasteiger partial charge in [-0.15, -0.1) is 0 Å². The van der Waals surface area contributed by atoms with E-state index >= 15 is 0 Å². The Balaban J connectivity index is 1.29. The number of carbonyl (C=O) groups is 1. The van der Waals surface area contributed by atoms with Gasteiger partial charge in [-0.1, -0.05) is 42.5 Å². The molecule has 1 aliphatic heterocycles. The quantitative estimate of drug-likeness (QED) is 0.371. The van der Waals surface area contributed by atoms with Crippen molar-refractivity contribution < 1.29 is 13.6 Å². The molecular weight excluding hydrogens is 429 g/mol. The van der Waals surface area contributed by atoms with Gasteiger partial charge in [-0.3, -0.25) is 9.78 Å². The molecule has 0 aliphatic carbocycles. The normalized spacial score (nSPS) is 15.9. The zero-order chi connectivity index (χ0) is 23.3. The van der Waals surface area contributed by atoms with Gasteiger partial charge in [0.25, 0.3) is 5.91 Å². The summed E-state index contributed by atoms with van der Waals surface area (Å²) in [6, 6.07) is 20.0. The summed E-state index contributed by atoms with van der Waals surface area (Å²) in [6.07, 6.45) is 7.47. The third kappa shape index (κ3) is 5.06. The van der Waals surface area contributed by atoms with Crippen LogP contribution in [0, 0.1) is 5.82 Å². The Morgan fingerprint density at radius 2 is 1.71 bits per heavy atom. The minimum absolute atomic E-state index is 0.0617. The third-order valence-corrected chi connectivity index (χ3v) is 6.21. The Bertz CT molecular complexity index is 1240. The number of carbonyl (C=O) groups excluding carboxylic acids is 1. The molecule has 34 heavy (non-hydrogen) atoms. The van der Waals surface area contributed by atoms with Gasteiger partial charge in [-0.25, -0.2) is 9.37 Å². The number of aromatic nitrogens is 2. The van der Waals surface area contributed by atoms with Crippen molar-refractivity contribution in [1.82, 2.24) is 14.9 Å². The van der Waals surface area contributed by atoms with Crippen LogP contribution < -0.4 is 0 Å². The van der Waals surface area contributed by atoms with E-state index in [9.17, 15) is 9.18 Å². The Morgan fingerprint density at radius 3 is 2.47 bits per heavy atom. The highest BCUT2D eigenvalue weighted by Crippen LogP contribution is 2.32. The predicted molar refractivity (Wildman–Crippen MR) is 127 cm³/mol. The second-order valence-corrected chi connectivity index (χ2v) is 8.68. The minimum atomic E-state index is -0.257. The minimum Gasteiger partial charge on any atom is -0.443 e. The maximum Gasteiger partial charge on any atom is 0.256 e. The molecule has 0 bridgehead atoms. The fourth-order valence-electron chi connectivity index (χ4n) is 4.42. The second-order valence-electron chi connectivity index (χ2n) is 8.68. The van der Waals surface area contributed by atoms with E-state index in [0.717, 1.165) is 41.8 Å². The van der Waals surface area contributed by atoms with E-state index in [2.05, 4.69) is 22.1 Å². The SMILES string of the molecule is O=C(c1ccc(Cc2ccc(F)cc2)nc1)N1CCCC[C@@H]1c1ncc(Cc2ccccc2)o1. The number of rotatable bonds is 6. The highest BCUT2D eigenvalue weighted by Gasteiger charge is 2.32. The molecule has 1 atom stereocenters. The molecule has 0 N–H and O–H groups in total. The van der Waals surface area contributed by atoms with Crippen LogP contribution in [0.5, 0.6) is 0 Å². The van der Waals surface area contributed by atoms with E-state index < -0.39 is 0 Å². The first-order chi connectivity index (χ1) is 16.7. The lowest BCUT2D eigenvalue weighted by molar-refractivity contribution is 0.0569. The fourth-order valence-corrected chi connectivity index (χ4v) is 4.42. The van der Waals surface area contributed by atoms with Gasteiger partial charge < -0.3 is 9.32 Å². The molecule has 2 aromatic heterocycles. The number of hydrogen-bond acceptors (Lipinski definition) is 4. The summed E-state index contributed by atoms with van der Waals surface area (Å²) in [4.78, 5) is 24.2. The Kier molecular flexibility index (Phi) is 6.47. The second kappa shape index (κ2) is 10.00.